The smallest absolute Gasteiger partial charge is 0.296 e. The average Bonchev–Trinajstić information content (AvgIpc) is 3.26. The van der Waals surface area contributed by atoms with Crippen molar-refractivity contribution in [2.24, 2.45) is 30.7 Å². The molecule has 6 aromatic carbocycles. The highest BCUT2D eigenvalue weighted by atomic mass is 32.2. The van der Waals surface area contributed by atoms with E-state index in [0.29, 0.717) is 34.9 Å². The Kier molecular flexibility index (Phi) is 14.3. The number of rotatable bonds is 18. The van der Waals surface area contributed by atoms with Gasteiger partial charge in [-0.25, -0.2) is 0 Å². The number of hydrogen-bond donors (Lipinski definition) is 8. The number of nitrogen functional groups attached to an aromatic ring is 3. The van der Waals surface area contributed by atoms with Crippen molar-refractivity contribution in [2.45, 2.75) is 23.1 Å². The van der Waals surface area contributed by atoms with Crippen LogP contribution in [0.4, 0.5) is 51.2 Å². The molecule has 0 aliphatic heterocycles. The molecule has 0 heterocycles. The number of aliphatic hydroxyl groups excluding tert-OH is 2. The molecule has 23 heteroatoms. The maximum absolute atomic E-state index is 12.7. The van der Waals surface area contributed by atoms with Crippen LogP contribution in [-0.4, -0.2) is 74.3 Å². The molecule has 6 aromatic rings. The Morgan fingerprint density at radius 1 is 0.562 bits per heavy atom. The number of benzene rings is 6. The summed E-state index contributed by atoms with van der Waals surface area (Å²) in [6.45, 7) is 1.35. The molecule has 0 bridgehead atoms. The van der Waals surface area contributed by atoms with Gasteiger partial charge >= 0.3 is 0 Å². The summed E-state index contributed by atoms with van der Waals surface area (Å²) >= 11 is 0. The van der Waals surface area contributed by atoms with E-state index in [1.807, 2.05) is 6.92 Å². The first-order valence-electron chi connectivity index (χ1n) is 19.0. The van der Waals surface area contributed by atoms with Crippen molar-refractivity contribution in [3.05, 3.63) is 91.0 Å². The average molecular weight is 916 g/mol. The number of phenols is 1. The van der Waals surface area contributed by atoms with Gasteiger partial charge < -0.3 is 46.7 Å². The third-order valence-electron chi connectivity index (χ3n) is 8.99. The number of aromatic hydroxyl groups is 1. The largest absolute Gasteiger partial charge is 0.505 e. The van der Waals surface area contributed by atoms with Gasteiger partial charge in [-0.05, 0) is 77.5 Å². The molecule has 0 aliphatic rings. The van der Waals surface area contributed by atoms with Crippen molar-refractivity contribution in [3.8, 4) is 34.1 Å². The van der Waals surface area contributed by atoms with Crippen molar-refractivity contribution in [1.29, 1.82) is 0 Å². The molecular weight excluding hydrogens is 875 g/mol. The van der Waals surface area contributed by atoms with E-state index < -0.39 is 59.4 Å². The van der Waals surface area contributed by atoms with Gasteiger partial charge in [0.15, 0.2) is 5.75 Å². The van der Waals surface area contributed by atoms with Gasteiger partial charge in [0.1, 0.15) is 68.7 Å². The Labute approximate surface area is 365 Å². The number of fused-ring (bicyclic) bond motifs is 1. The summed E-state index contributed by atoms with van der Waals surface area (Å²) in [7, 11) is -10.3. The molecule has 0 saturated heterocycles. The van der Waals surface area contributed by atoms with E-state index in [2.05, 4.69) is 30.7 Å². The second-order valence-electron chi connectivity index (χ2n) is 13.5. The zero-order valence-electron chi connectivity index (χ0n) is 33.7. The van der Waals surface area contributed by atoms with Gasteiger partial charge in [0.05, 0.1) is 48.0 Å². The standard InChI is InChI=1S/C41H41N9O12S2/c1-2-14-60-32-22-31(27(42)21-28(32)43)48-46-29-10-8-23(17-33(29)61-15-12-51)24-9-11-30(34(18-24)62-16-13-52)47-49-39-35(63(54,55)56)19-25-20-36(64(57,58)59)40(41(53)37(25)38(39)44)50-45-26-6-4-3-5-7-26/h3-11,17-22,51-53H,2,12-16,42-44H2,1H3,(H,54,55,56)(H,57,58,59). The Balaban J connectivity index is 1.42. The second kappa shape index (κ2) is 19.8. The summed E-state index contributed by atoms with van der Waals surface area (Å²) in [5.74, 6) is -0.262. The van der Waals surface area contributed by atoms with Gasteiger partial charge in [0.2, 0.25) is 0 Å². The summed E-state index contributed by atoms with van der Waals surface area (Å²) < 4.78 is 87.8. The lowest BCUT2D eigenvalue weighted by Crippen LogP contribution is -2.04. The molecule has 6 rings (SSSR count). The van der Waals surface area contributed by atoms with Crippen LogP contribution in [0.15, 0.2) is 131 Å². The Hall–Kier alpha value is -7.28. The van der Waals surface area contributed by atoms with Crippen LogP contribution >= 0.6 is 0 Å². The highest BCUT2D eigenvalue weighted by molar-refractivity contribution is 7.86. The predicted molar refractivity (Wildman–Crippen MR) is 237 cm³/mol. The first kappa shape index (κ1) is 46.2. The lowest BCUT2D eigenvalue weighted by atomic mass is 10.0. The molecule has 0 amide bonds. The van der Waals surface area contributed by atoms with E-state index in [4.69, 9.17) is 31.4 Å². The number of nitrogens with two attached hydrogens (primary N) is 3. The van der Waals surface area contributed by atoms with Gasteiger partial charge in [0.25, 0.3) is 20.2 Å². The van der Waals surface area contributed by atoms with Crippen molar-refractivity contribution in [1.82, 2.24) is 0 Å². The minimum atomic E-state index is -5.17. The van der Waals surface area contributed by atoms with E-state index in [1.165, 1.54) is 30.3 Å². The Morgan fingerprint density at radius 2 is 1.08 bits per heavy atom. The van der Waals surface area contributed by atoms with Crippen molar-refractivity contribution in [2.75, 3.05) is 50.2 Å². The summed E-state index contributed by atoms with van der Waals surface area (Å²) in [6, 6.07) is 22.1. The number of azo groups is 3. The molecule has 11 N–H and O–H groups in total. The van der Waals surface area contributed by atoms with Gasteiger partial charge in [-0.1, -0.05) is 37.3 Å². The zero-order chi connectivity index (χ0) is 46.2. The number of ether oxygens (including phenoxy) is 3. The molecule has 0 aromatic heterocycles. The van der Waals surface area contributed by atoms with E-state index in [-0.39, 0.29) is 64.8 Å². The summed E-state index contributed by atoms with van der Waals surface area (Å²) in [6.07, 6.45) is 0.753. The van der Waals surface area contributed by atoms with Crippen LogP contribution in [0.2, 0.25) is 0 Å². The van der Waals surface area contributed by atoms with Crippen molar-refractivity contribution >= 4 is 82.2 Å². The van der Waals surface area contributed by atoms with E-state index in [9.17, 15) is 41.3 Å². The third kappa shape index (κ3) is 10.7. The zero-order valence-corrected chi connectivity index (χ0v) is 35.4. The van der Waals surface area contributed by atoms with Gasteiger partial charge in [-0.2, -0.15) is 21.9 Å². The fraction of sp³-hybridized carbons (Fsp3) is 0.171. The molecule has 0 aliphatic carbocycles. The lowest BCUT2D eigenvalue weighted by Gasteiger charge is -2.14. The quantitative estimate of drug-likeness (QED) is 0.0229. The van der Waals surface area contributed by atoms with Gasteiger partial charge in [-0.3, -0.25) is 9.11 Å². The van der Waals surface area contributed by atoms with E-state index in [0.717, 1.165) is 18.6 Å². The molecule has 21 nitrogen and oxygen atoms in total. The normalized spacial score (nSPS) is 12.2. The minimum Gasteiger partial charge on any atom is -0.505 e. The van der Waals surface area contributed by atoms with Crippen molar-refractivity contribution < 1.29 is 55.5 Å². The number of anilines is 3. The molecule has 0 unspecified atom stereocenters. The molecule has 0 atom stereocenters. The number of nitrogens with zero attached hydrogens (tertiary/aromatic N) is 6. The number of phenolic OH excluding ortho intramolecular Hbond substituents is 1. The highest BCUT2D eigenvalue weighted by Crippen LogP contribution is 2.49. The molecule has 334 valence electrons. The van der Waals surface area contributed by atoms with E-state index in [1.54, 1.807) is 48.5 Å². The summed E-state index contributed by atoms with van der Waals surface area (Å²) in [5, 5.41) is 54.4. The molecule has 64 heavy (non-hydrogen) atoms. The molecule has 0 spiro atoms. The fourth-order valence-electron chi connectivity index (χ4n) is 6.04. The maximum Gasteiger partial charge on any atom is 0.296 e. The van der Waals surface area contributed by atoms with Crippen LogP contribution in [0.25, 0.3) is 21.9 Å². The fourth-order valence-corrected chi connectivity index (χ4v) is 7.37. The summed E-state index contributed by atoms with van der Waals surface area (Å²) in [4.78, 5) is -1.88. The number of aliphatic hydroxyl groups is 2. The first-order valence-corrected chi connectivity index (χ1v) is 21.9. The minimum absolute atomic E-state index is 0.0215. The monoisotopic (exact) mass is 915 g/mol. The molecular formula is C41H41N9O12S2. The number of hydrogen-bond acceptors (Lipinski definition) is 19. The maximum atomic E-state index is 12.7. The van der Waals surface area contributed by atoms with Crippen LogP contribution < -0.4 is 31.4 Å². The van der Waals surface area contributed by atoms with Gasteiger partial charge in [0, 0.05) is 6.07 Å². The second-order valence-corrected chi connectivity index (χ2v) is 16.3. The van der Waals surface area contributed by atoms with Crippen LogP contribution in [0.5, 0.6) is 23.0 Å². The Morgan fingerprint density at radius 3 is 1.62 bits per heavy atom. The van der Waals surface area contributed by atoms with Crippen LogP contribution in [0.1, 0.15) is 13.3 Å². The molecule has 0 saturated carbocycles. The van der Waals surface area contributed by atoms with Crippen molar-refractivity contribution in [3.63, 3.8) is 0 Å². The highest BCUT2D eigenvalue weighted by Gasteiger charge is 2.28. The van der Waals surface area contributed by atoms with Gasteiger partial charge in [-0.15, -0.1) is 25.6 Å². The van der Waals surface area contributed by atoms with Crippen LogP contribution in [0.3, 0.4) is 0 Å². The van der Waals surface area contributed by atoms with E-state index >= 15 is 0 Å². The lowest BCUT2D eigenvalue weighted by molar-refractivity contribution is 0.201. The first-order chi connectivity index (χ1) is 30.5. The third-order valence-corrected chi connectivity index (χ3v) is 10.7. The van der Waals surface area contributed by atoms with Crippen LogP contribution in [-0.2, 0) is 20.2 Å². The SMILES string of the molecule is CCCOc1cc(N=Nc2ccc(-c3ccc(N=Nc4c(S(=O)(=O)O)cc5cc(S(=O)(=O)O)c(N=Nc6ccccc6)c(O)c5c4N)c(OCCO)c3)cc2OCCO)c(N)cc1N. The molecule has 0 radical (unpaired) electrons. The summed E-state index contributed by atoms with van der Waals surface area (Å²) in [5.41, 5.74) is 19.1. The van der Waals surface area contributed by atoms with Crippen LogP contribution in [0, 0.1) is 0 Å². The predicted octanol–water partition coefficient (Wildman–Crippen LogP) is 8.23. The topological polar surface area (TPSA) is 349 Å². The Bertz CT molecular complexity index is 3020. The molecule has 0 fully saturated rings.